The van der Waals surface area contributed by atoms with Crippen LogP contribution in [-0.2, 0) is 6.54 Å². The van der Waals surface area contributed by atoms with Crippen LogP contribution >= 0.6 is 0 Å². The van der Waals surface area contributed by atoms with Crippen LogP contribution in [0, 0.1) is 0 Å². The highest BCUT2D eigenvalue weighted by Gasteiger charge is 2.18. The van der Waals surface area contributed by atoms with Gasteiger partial charge in [0.1, 0.15) is 0 Å². The van der Waals surface area contributed by atoms with Crippen LogP contribution in [0.2, 0.25) is 0 Å². The summed E-state index contributed by atoms with van der Waals surface area (Å²) in [5, 5.41) is 6.85. The van der Waals surface area contributed by atoms with Crippen LogP contribution in [0.25, 0.3) is 0 Å². The van der Waals surface area contributed by atoms with E-state index in [-0.39, 0.29) is 5.91 Å². The molecule has 0 aromatic heterocycles. The first-order valence-corrected chi connectivity index (χ1v) is 9.61. The van der Waals surface area contributed by atoms with Crippen molar-refractivity contribution < 1.29 is 4.79 Å². The van der Waals surface area contributed by atoms with E-state index in [2.05, 4.69) is 15.6 Å². The quantitative estimate of drug-likeness (QED) is 0.653. The van der Waals surface area contributed by atoms with Crippen LogP contribution in [-0.4, -0.2) is 42.9 Å². The van der Waals surface area contributed by atoms with Gasteiger partial charge in [-0.2, -0.15) is 0 Å². The lowest BCUT2D eigenvalue weighted by atomic mass is 10.1. The lowest BCUT2D eigenvalue weighted by Gasteiger charge is -2.26. The largest absolute Gasteiger partial charge is 0.354 e. The van der Waals surface area contributed by atoms with E-state index in [1.54, 1.807) is 0 Å². The lowest BCUT2D eigenvalue weighted by molar-refractivity contribution is 0.0724. The lowest BCUT2D eigenvalue weighted by Crippen LogP contribution is -2.41. The molecule has 2 N–H and O–H groups in total. The van der Waals surface area contributed by atoms with Crippen LogP contribution in [0.1, 0.15) is 60.9 Å². The van der Waals surface area contributed by atoms with Gasteiger partial charge < -0.3 is 15.5 Å². The fourth-order valence-electron chi connectivity index (χ4n) is 3.69. The number of carbonyl (C=O) groups excluding carboxylic acids is 1. The number of hydrogen-bond donors (Lipinski definition) is 2. The van der Waals surface area contributed by atoms with Gasteiger partial charge in [0.25, 0.3) is 5.91 Å². The third-order valence-corrected chi connectivity index (χ3v) is 5.22. The number of amides is 1. The van der Waals surface area contributed by atoms with Crippen molar-refractivity contribution in [3.63, 3.8) is 0 Å². The molecule has 25 heavy (non-hydrogen) atoms. The summed E-state index contributed by atoms with van der Waals surface area (Å²) in [5.74, 6) is 1.03. The topological polar surface area (TPSA) is 56.7 Å². The number of nitrogens with one attached hydrogen (secondary N) is 2. The van der Waals surface area contributed by atoms with Crippen molar-refractivity contribution in [2.75, 3.05) is 20.1 Å². The number of hydrogen-bond acceptors (Lipinski definition) is 2. The highest BCUT2D eigenvalue weighted by molar-refractivity contribution is 5.94. The molecule has 1 aliphatic carbocycles. The van der Waals surface area contributed by atoms with E-state index < -0.39 is 0 Å². The predicted molar refractivity (Wildman–Crippen MR) is 102 cm³/mol. The fourth-order valence-corrected chi connectivity index (χ4v) is 3.69. The SMILES string of the molecule is CN=C(NCc1ccc(C(=O)N2CCCCC2)cc1)NC1CCCC1. The molecule has 136 valence electrons. The summed E-state index contributed by atoms with van der Waals surface area (Å²) in [4.78, 5) is 18.8. The van der Waals surface area contributed by atoms with Gasteiger partial charge in [0, 0.05) is 38.3 Å². The van der Waals surface area contributed by atoms with E-state index in [0.29, 0.717) is 12.6 Å². The van der Waals surface area contributed by atoms with E-state index in [1.165, 1.54) is 32.1 Å². The molecule has 5 heteroatoms. The monoisotopic (exact) mass is 342 g/mol. The molecule has 2 fully saturated rings. The van der Waals surface area contributed by atoms with Crippen LogP contribution in [0.3, 0.4) is 0 Å². The fraction of sp³-hybridized carbons (Fsp3) is 0.600. The van der Waals surface area contributed by atoms with Gasteiger partial charge in [0.15, 0.2) is 5.96 Å². The summed E-state index contributed by atoms with van der Waals surface area (Å²) in [7, 11) is 1.81. The molecule has 3 rings (SSSR count). The number of carbonyl (C=O) groups is 1. The molecule has 0 unspecified atom stereocenters. The Labute approximate surface area is 150 Å². The van der Waals surface area contributed by atoms with Crippen molar-refractivity contribution in [1.29, 1.82) is 0 Å². The Morgan fingerprint density at radius 2 is 1.76 bits per heavy atom. The first-order chi connectivity index (χ1) is 12.3. The minimum absolute atomic E-state index is 0.165. The zero-order valence-electron chi connectivity index (χ0n) is 15.3. The summed E-state index contributed by atoms with van der Waals surface area (Å²) in [5.41, 5.74) is 1.95. The van der Waals surface area contributed by atoms with E-state index in [0.717, 1.165) is 43.0 Å². The molecule has 1 aliphatic heterocycles. The number of rotatable bonds is 4. The molecule has 0 bridgehead atoms. The minimum Gasteiger partial charge on any atom is -0.354 e. The second kappa shape index (κ2) is 8.88. The molecule has 1 saturated carbocycles. The molecule has 1 aromatic carbocycles. The maximum absolute atomic E-state index is 12.5. The van der Waals surface area contributed by atoms with Gasteiger partial charge in [-0.25, -0.2) is 0 Å². The maximum atomic E-state index is 12.5. The average molecular weight is 342 g/mol. The Morgan fingerprint density at radius 1 is 1.08 bits per heavy atom. The summed E-state index contributed by atoms with van der Waals surface area (Å²) in [6.45, 7) is 2.50. The third kappa shape index (κ3) is 4.97. The maximum Gasteiger partial charge on any atom is 0.253 e. The zero-order valence-corrected chi connectivity index (χ0v) is 15.3. The van der Waals surface area contributed by atoms with Crippen LogP contribution < -0.4 is 10.6 Å². The zero-order chi connectivity index (χ0) is 17.5. The normalized spacial score (nSPS) is 19.1. The van der Waals surface area contributed by atoms with Gasteiger partial charge in [-0.15, -0.1) is 0 Å². The van der Waals surface area contributed by atoms with Crippen molar-refractivity contribution in [2.45, 2.75) is 57.5 Å². The summed E-state index contributed by atoms with van der Waals surface area (Å²) >= 11 is 0. The van der Waals surface area contributed by atoms with Crippen molar-refractivity contribution in [3.05, 3.63) is 35.4 Å². The molecule has 5 nitrogen and oxygen atoms in total. The molecule has 0 spiro atoms. The predicted octanol–water partition coefficient (Wildman–Crippen LogP) is 2.92. The van der Waals surface area contributed by atoms with E-state index in [9.17, 15) is 4.79 Å². The highest BCUT2D eigenvalue weighted by atomic mass is 16.2. The Morgan fingerprint density at radius 3 is 2.40 bits per heavy atom. The van der Waals surface area contributed by atoms with Gasteiger partial charge in [-0.1, -0.05) is 25.0 Å². The molecule has 1 aromatic rings. The first-order valence-electron chi connectivity index (χ1n) is 9.61. The molecule has 1 heterocycles. The number of aliphatic imine (C=N–C) groups is 1. The number of nitrogens with zero attached hydrogens (tertiary/aromatic N) is 2. The highest BCUT2D eigenvalue weighted by Crippen LogP contribution is 2.17. The summed E-state index contributed by atoms with van der Waals surface area (Å²) in [6.07, 6.45) is 8.57. The standard InChI is InChI=1S/C20H30N4O/c1-21-20(23-18-7-3-4-8-18)22-15-16-9-11-17(12-10-16)19(25)24-13-5-2-6-14-24/h9-12,18H,2-8,13-15H2,1H3,(H2,21,22,23). The third-order valence-electron chi connectivity index (χ3n) is 5.22. The Balaban J connectivity index is 1.50. The molecule has 1 amide bonds. The van der Waals surface area contributed by atoms with Crippen molar-refractivity contribution >= 4 is 11.9 Å². The molecule has 0 atom stereocenters. The van der Waals surface area contributed by atoms with Crippen molar-refractivity contribution in [1.82, 2.24) is 15.5 Å². The van der Waals surface area contributed by atoms with Gasteiger partial charge in [-0.3, -0.25) is 9.79 Å². The summed E-state index contributed by atoms with van der Waals surface area (Å²) < 4.78 is 0. The van der Waals surface area contributed by atoms with Gasteiger partial charge in [0.05, 0.1) is 0 Å². The van der Waals surface area contributed by atoms with Gasteiger partial charge >= 0.3 is 0 Å². The number of likely N-dealkylation sites (tertiary alicyclic amines) is 1. The second-order valence-electron chi connectivity index (χ2n) is 7.10. The van der Waals surface area contributed by atoms with Crippen LogP contribution in [0.15, 0.2) is 29.3 Å². The Kier molecular flexibility index (Phi) is 6.31. The molecular formula is C20H30N4O. The minimum atomic E-state index is 0.165. The average Bonchev–Trinajstić information content (AvgIpc) is 3.19. The number of guanidine groups is 1. The van der Waals surface area contributed by atoms with Gasteiger partial charge in [-0.05, 0) is 49.8 Å². The van der Waals surface area contributed by atoms with E-state index in [1.807, 2.05) is 36.2 Å². The second-order valence-corrected chi connectivity index (χ2v) is 7.10. The molecule has 1 saturated heterocycles. The first kappa shape index (κ1) is 17.8. The van der Waals surface area contributed by atoms with Crippen LogP contribution in [0.4, 0.5) is 0 Å². The summed E-state index contributed by atoms with van der Waals surface area (Å²) in [6, 6.07) is 8.51. The Bertz CT molecular complexity index is 584. The van der Waals surface area contributed by atoms with Gasteiger partial charge in [0.2, 0.25) is 0 Å². The van der Waals surface area contributed by atoms with E-state index >= 15 is 0 Å². The van der Waals surface area contributed by atoms with Crippen molar-refractivity contribution in [2.24, 2.45) is 4.99 Å². The molecule has 0 radical (unpaired) electrons. The Hall–Kier alpha value is -2.04. The van der Waals surface area contributed by atoms with Crippen molar-refractivity contribution in [3.8, 4) is 0 Å². The number of piperidine rings is 1. The number of benzene rings is 1. The molecular weight excluding hydrogens is 312 g/mol. The van der Waals surface area contributed by atoms with E-state index in [4.69, 9.17) is 0 Å². The smallest absolute Gasteiger partial charge is 0.253 e. The van der Waals surface area contributed by atoms with Crippen LogP contribution in [0.5, 0.6) is 0 Å². The molecule has 2 aliphatic rings.